The largest absolute Gasteiger partial charge is 0.395 e. The number of alkyl halides is 3. The molecule has 0 saturated carbocycles. The lowest BCUT2D eigenvalue weighted by molar-refractivity contribution is -0.698. The lowest BCUT2D eigenvalue weighted by Crippen LogP contribution is -2.36. The molecule has 3 aromatic heterocycles. The fourth-order valence-corrected chi connectivity index (χ4v) is 5.14. The zero-order valence-electron chi connectivity index (χ0n) is 18.0. The van der Waals surface area contributed by atoms with Crippen molar-refractivity contribution in [2.24, 2.45) is 0 Å². The standard InChI is InChI=1S/C25H25F3N3/c1-4-11-31-15-20-21(19-7-10-29-23(19)31)18-6-5-16-14-30(13-9-25(26,27)28)12-8-17(16)22(18)24(20,2)3/h5-8,10,12,14-15H,4,9,11,13H2,1-3H3/q+1/p+1. The lowest BCUT2D eigenvalue weighted by Gasteiger charge is -2.22. The van der Waals surface area contributed by atoms with Crippen molar-refractivity contribution in [2.75, 3.05) is 0 Å². The van der Waals surface area contributed by atoms with Crippen LogP contribution in [0.4, 0.5) is 13.2 Å². The molecule has 160 valence electrons. The van der Waals surface area contributed by atoms with Gasteiger partial charge in [0.1, 0.15) is 6.42 Å². The first-order valence-corrected chi connectivity index (χ1v) is 10.8. The van der Waals surface area contributed by atoms with Crippen molar-refractivity contribution in [2.45, 2.75) is 58.3 Å². The third kappa shape index (κ3) is 3.11. The molecule has 1 aliphatic rings. The minimum atomic E-state index is -4.15. The summed E-state index contributed by atoms with van der Waals surface area (Å²) in [4.78, 5) is 3.40. The maximum absolute atomic E-state index is 12.7. The second kappa shape index (κ2) is 6.81. The molecule has 1 N–H and O–H groups in total. The van der Waals surface area contributed by atoms with E-state index in [-0.39, 0.29) is 12.0 Å². The molecule has 0 saturated heterocycles. The van der Waals surface area contributed by atoms with E-state index < -0.39 is 12.6 Å². The van der Waals surface area contributed by atoms with Crippen molar-refractivity contribution < 1.29 is 22.3 Å². The van der Waals surface area contributed by atoms with Crippen LogP contribution in [-0.4, -0.2) is 11.2 Å². The Hall–Kier alpha value is -2.89. The van der Waals surface area contributed by atoms with Gasteiger partial charge in [0, 0.05) is 28.0 Å². The summed E-state index contributed by atoms with van der Waals surface area (Å²) in [7, 11) is 0. The van der Waals surface area contributed by atoms with Gasteiger partial charge in [-0.15, -0.1) is 0 Å². The molecule has 0 atom stereocenters. The number of nitrogens with zero attached hydrogens (tertiary/aromatic N) is 2. The molecule has 0 spiro atoms. The Labute approximate surface area is 179 Å². The van der Waals surface area contributed by atoms with E-state index in [0.29, 0.717) is 0 Å². The van der Waals surface area contributed by atoms with Gasteiger partial charge in [0.25, 0.3) is 5.65 Å². The van der Waals surface area contributed by atoms with E-state index in [0.717, 1.165) is 29.4 Å². The zero-order valence-corrected chi connectivity index (χ0v) is 18.0. The van der Waals surface area contributed by atoms with Crippen LogP contribution in [-0.2, 0) is 18.5 Å². The first kappa shape index (κ1) is 20.0. The van der Waals surface area contributed by atoms with E-state index in [9.17, 15) is 13.2 Å². The van der Waals surface area contributed by atoms with Crippen LogP contribution in [0.1, 0.15) is 44.7 Å². The van der Waals surface area contributed by atoms with Gasteiger partial charge in [0.05, 0.1) is 24.3 Å². The number of hydrogen-bond donors (Lipinski definition) is 1. The summed E-state index contributed by atoms with van der Waals surface area (Å²) in [6.07, 6.45) is 3.95. The van der Waals surface area contributed by atoms with Crippen LogP contribution in [0.3, 0.4) is 0 Å². The van der Waals surface area contributed by atoms with Crippen molar-refractivity contribution in [1.29, 1.82) is 0 Å². The highest BCUT2D eigenvalue weighted by Gasteiger charge is 2.40. The van der Waals surface area contributed by atoms with Gasteiger partial charge in [-0.05, 0) is 35.1 Å². The molecule has 0 bridgehead atoms. The van der Waals surface area contributed by atoms with Gasteiger partial charge in [-0.3, -0.25) is 0 Å². The third-order valence-corrected chi connectivity index (χ3v) is 6.54. The van der Waals surface area contributed by atoms with Crippen LogP contribution >= 0.6 is 0 Å². The third-order valence-electron chi connectivity index (χ3n) is 6.54. The van der Waals surface area contributed by atoms with E-state index in [4.69, 9.17) is 0 Å². The summed E-state index contributed by atoms with van der Waals surface area (Å²) >= 11 is 0. The van der Waals surface area contributed by atoms with E-state index in [1.807, 2.05) is 24.5 Å². The van der Waals surface area contributed by atoms with E-state index >= 15 is 0 Å². The van der Waals surface area contributed by atoms with Crippen molar-refractivity contribution in [3.63, 3.8) is 0 Å². The molecule has 3 nitrogen and oxygen atoms in total. The highest BCUT2D eigenvalue weighted by Crippen LogP contribution is 2.52. The zero-order chi connectivity index (χ0) is 22.0. The molecular weight excluding hydrogens is 399 g/mol. The van der Waals surface area contributed by atoms with Crippen LogP contribution in [0.15, 0.2) is 49.1 Å². The predicted octanol–water partition coefficient (Wildman–Crippen LogP) is 5.56. The summed E-state index contributed by atoms with van der Waals surface area (Å²) in [5.74, 6) is 0. The molecule has 6 heteroatoms. The van der Waals surface area contributed by atoms with Gasteiger partial charge >= 0.3 is 6.18 Å². The molecule has 0 aliphatic heterocycles. The maximum Gasteiger partial charge on any atom is 0.395 e. The Bertz CT molecular complexity index is 1320. The number of benzene rings is 1. The second-order valence-electron chi connectivity index (χ2n) is 9.01. The average Bonchev–Trinajstić information content (AvgIpc) is 3.28. The van der Waals surface area contributed by atoms with Crippen LogP contribution in [0.25, 0.3) is 32.9 Å². The Balaban J connectivity index is 1.70. The molecule has 3 heterocycles. The Kier molecular flexibility index (Phi) is 4.40. The first-order chi connectivity index (χ1) is 14.7. The Morgan fingerprint density at radius 2 is 1.81 bits per heavy atom. The molecule has 1 aromatic carbocycles. The van der Waals surface area contributed by atoms with E-state index in [2.05, 4.69) is 48.7 Å². The summed E-state index contributed by atoms with van der Waals surface area (Å²) in [6.45, 7) is 7.54. The first-order valence-electron chi connectivity index (χ1n) is 10.8. The topological polar surface area (TPSA) is 23.5 Å². The number of aromatic amines is 1. The van der Waals surface area contributed by atoms with Crippen molar-refractivity contribution in [3.05, 3.63) is 60.2 Å². The van der Waals surface area contributed by atoms with E-state index in [1.165, 1.54) is 27.6 Å². The quantitative estimate of drug-likeness (QED) is 0.414. The monoisotopic (exact) mass is 425 g/mol. The minimum absolute atomic E-state index is 0.0683. The maximum atomic E-state index is 12.7. The van der Waals surface area contributed by atoms with Crippen LogP contribution in [0.5, 0.6) is 0 Å². The van der Waals surface area contributed by atoms with Gasteiger partial charge in [0.2, 0.25) is 0 Å². The van der Waals surface area contributed by atoms with Crippen LogP contribution in [0, 0.1) is 0 Å². The number of nitrogens with one attached hydrogen (secondary N) is 1. The second-order valence-corrected chi connectivity index (χ2v) is 9.01. The number of halogens is 3. The molecule has 0 amide bonds. The van der Waals surface area contributed by atoms with Crippen LogP contribution < -0.4 is 9.13 Å². The molecule has 0 fully saturated rings. The minimum Gasteiger partial charge on any atom is -0.247 e. The molecule has 1 aliphatic carbocycles. The van der Waals surface area contributed by atoms with Gasteiger partial charge in [0.15, 0.2) is 18.9 Å². The molecule has 4 aromatic rings. The molecule has 0 unspecified atom stereocenters. The number of fused-ring (bicyclic) bond motifs is 7. The number of aromatic nitrogens is 3. The molecule has 0 radical (unpaired) electrons. The number of hydrogen-bond acceptors (Lipinski definition) is 0. The van der Waals surface area contributed by atoms with Crippen LogP contribution in [0.2, 0.25) is 0 Å². The lowest BCUT2D eigenvalue weighted by atomic mass is 9.81. The number of H-pyrrole nitrogens is 1. The van der Waals surface area contributed by atoms with Crippen molar-refractivity contribution in [1.82, 2.24) is 4.98 Å². The van der Waals surface area contributed by atoms with Gasteiger partial charge in [-0.25, -0.2) is 14.1 Å². The fraction of sp³-hybridized carbons (Fsp3) is 0.360. The highest BCUT2D eigenvalue weighted by molar-refractivity contribution is 6.04. The molecular formula is C25H26F3N3+2. The van der Waals surface area contributed by atoms with Gasteiger partial charge < -0.3 is 0 Å². The van der Waals surface area contributed by atoms with E-state index in [1.54, 1.807) is 10.8 Å². The highest BCUT2D eigenvalue weighted by atomic mass is 19.4. The van der Waals surface area contributed by atoms with Gasteiger partial charge in [-0.2, -0.15) is 13.2 Å². The molecule has 5 rings (SSSR count). The van der Waals surface area contributed by atoms with Crippen molar-refractivity contribution >= 4 is 21.8 Å². The number of aryl methyl sites for hydroxylation is 2. The Morgan fingerprint density at radius 1 is 1.00 bits per heavy atom. The number of pyridine rings is 2. The number of rotatable bonds is 4. The Morgan fingerprint density at radius 3 is 2.55 bits per heavy atom. The molecule has 31 heavy (non-hydrogen) atoms. The predicted molar refractivity (Wildman–Crippen MR) is 115 cm³/mol. The average molecular weight is 425 g/mol. The summed E-state index contributed by atoms with van der Waals surface area (Å²) in [5, 5.41) is 3.29. The SMILES string of the molecule is CCC[n+]1cc2c(c3cc[nH]c31)-c1ccc3c[n+](CCC(F)(F)F)ccc3c1C2(C)C. The summed E-state index contributed by atoms with van der Waals surface area (Å²) in [5.41, 5.74) is 5.95. The van der Waals surface area contributed by atoms with Gasteiger partial charge in [-0.1, -0.05) is 26.8 Å². The van der Waals surface area contributed by atoms with Crippen molar-refractivity contribution in [3.8, 4) is 11.1 Å². The normalized spacial score (nSPS) is 14.9. The fourth-order valence-electron chi connectivity index (χ4n) is 5.14. The summed E-state index contributed by atoms with van der Waals surface area (Å²) in [6, 6.07) is 8.29. The smallest absolute Gasteiger partial charge is 0.247 e. The summed E-state index contributed by atoms with van der Waals surface area (Å²) < 4.78 is 41.9.